The molecule has 0 N–H and O–H groups in total. The molecule has 2 heterocycles. The molecule has 0 aliphatic carbocycles. The van der Waals surface area contributed by atoms with Gasteiger partial charge in [-0.2, -0.15) is 0 Å². The third-order valence-corrected chi connectivity index (χ3v) is 8.39. The Morgan fingerprint density at radius 2 is 1.86 bits per heavy atom. The lowest BCUT2D eigenvalue weighted by atomic mass is 9.99. The summed E-state index contributed by atoms with van der Waals surface area (Å²) < 4.78 is 10.8. The van der Waals surface area contributed by atoms with E-state index in [0.29, 0.717) is 6.54 Å². The van der Waals surface area contributed by atoms with Gasteiger partial charge >= 0.3 is 21.2 Å². The molecule has 0 saturated carbocycles. The lowest BCUT2D eigenvalue weighted by molar-refractivity contribution is -0.591. The zero-order chi connectivity index (χ0) is 19.8. The zero-order valence-corrected chi connectivity index (χ0v) is 18.5. The van der Waals surface area contributed by atoms with Crippen LogP contribution in [0.2, 0.25) is 0 Å². The maximum Gasteiger partial charge on any atom is 0.359 e. The van der Waals surface area contributed by atoms with Gasteiger partial charge in [0.05, 0.1) is 12.7 Å². The van der Waals surface area contributed by atoms with E-state index in [9.17, 15) is 0 Å². The molecule has 4 nitrogen and oxygen atoms in total. The number of aromatic nitrogens is 3. The second kappa shape index (κ2) is 7.72. The number of hydrogen-bond donors (Lipinski definition) is 0. The van der Waals surface area contributed by atoms with Gasteiger partial charge in [0.25, 0.3) is 0 Å². The molecule has 1 aliphatic rings. The quantitative estimate of drug-likeness (QED) is 0.348. The van der Waals surface area contributed by atoms with Crippen LogP contribution in [0, 0.1) is 14.1 Å². The first-order chi connectivity index (χ1) is 14.2. The number of fused-ring (bicyclic) bond motifs is 3. The van der Waals surface area contributed by atoms with Crippen molar-refractivity contribution >= 4 is 0 Å². The van der Waals surface area contributed by atoms with Crippen molar-refractivity contribution in [2.75, 3.05) is 7.11 Å². The van der Waals surface area contributed by atoms with Crippen molar-refractivity contribution in [3.05, 3.63) is 102 Å². The van der Waals surface area contributed by atoms with E-state index < -0.39 is 0 Å². The van der Waals surface area contributed by atoms with E-state index >= 15 is 0 Å². The molecule has 5 heteroatoms. The van der Waals surface area contributed by atoms with E-state index in [4.69, 9.17) is 4.74 Å². The normalized spacial score (nSPS) is 13.2. The summed E-state index contributed by atoms with van der Waals surface area (Å²) in [6, 6.07) is 23.7. The van der Waals surface area contributed by atoms with Crippen LogP contribution in [0.15, 0.2) is 72.9 Å². The minimum atomic E-state index is -0.236. The first-order valence-corrected chi connectivity index (χ1v) is 11.7. The van der Waals surface area contributed by atoms with Crippen LogP contribution in [0.1, 0.15) is 28.5 Å². The molecule has 0 unspecified atom stereocenters. The van der Waals surface area contributed by atoms with E-state index in [1.54, 1.807) is 7.11 Å². The Balaban J connectivity index is 1.48. The third kappa shape index (κ3) is 3.49. The van der Waals surface area contributed by atoms with Crippen molar-refractivity contribution in [3.8, 4) is 11.1 Å². The second-order valence-corrected chi connectivity index (χ2v) is 10.0. The van der Waals surface area contributed by atoms with Crippen LogP contribution in [-0.4, -0.2) is 22.1 Å². The molecule has 0 amide bonds. The van der Waals surface area contributed by atoms with Gasteiger partial charge in [0.2, 0.25) is 7.14 Å². The molecular formula is C24H21IN3O+. The van der Waals surface area contributed by atoms with E-state index in [2.05, 4.69) is 65.8 Å². The Kier molecular flexibility index (Phi) is 4.93. The van der Waals surface area contributed by atoms with Gasteiger partial charge in [-0.1, -0.05) is 53.7 Å². The maximum absolute atomic E-state index is 5.94. The van der Waals surface area contributed by atoms with Gasteiger partial charge in [-0.3, -0.25) is 0 Å². The number of nitrogens with zero attached hydrogens (tertiary/aromatic N) is 3. The summed E-state index contributed by atoms with van der Waals surface area (Å²) >= 11 is -0.236. The highest BCUT2D eigenvalue weighted by molar-refractivity contribution is 5.66. The van der Waals surface area contributed by atoms with E-state index in [-0.39, 0.29) is 27.3 Å². The average Bonchev–Trinajstić information content (AvgIpc) is 3.34. The number of methoxy groups -OCH3 is 1. The van der Waals surface area contributed by atoms with Crippen LogP contribution in [0.25, 0.3) is 11.1 Å². The SMILES string of the molecule is CO[C@@H](c1cn(Cc2ccccc2)nn1)c1cccc2c1[I+]c1cc(C)ccc1-2. The Morgan fingerprint density at radius 1 is 1.00 bits per heavy atom. The van der Waals surface area contributed by atoms with Crippen molar-refractivity contribution in [2.24, 2.45) is 0 Å². The van der Waals surface area contributed by atoms with E-state index in [1.807, 2.05) is 29.1 Å². The van der Waals surface area contributed by atoms with Crippen LogP contribution in [-0.2, 0) is 11.3 Å². The minimum Gasteiger partial charge on any atom is -0.370 e. The van der Waals surface area contributed by atoms with Gasteiger partial charge in [0, 0.05) is 23.8 Å². The number of ether oxygens (including phenoxy) is 1. The molecule has 0 radical (unpaired) electrons. The van der Waals surface area contributed by atoms with Crippen molar-refractivity contribution < 1.29 is 25.9 Å². The first-order valence-electron chi connectivity index (χ1n) is 9.58. The molecule has 5 rings (SSSR count). The fourth-order valence-corrected chi connectivity index (χ4v) is 7.30. The molecule has 29 heavy (non-hydrogen) atoms. The number of hydrogen-bond acceptors (Lipinski definition) is 3. The summed E-state index contributed by atoms with van der Waals surface area (Å²) in [6.07, 6.45) is 1.80. The Bertz CT molecular complexity index is 1170. The minimum absolute atomic E-state index is 0.204. The summed E-state index contributed by atoms with van der Waals surface area (Å²) in [6.45, 7) is 2.87. The zero-order valence-electron chi connectivity index (χ0n) is 16.3. The van der Waals surface area contributed by atoms with Crippen molar-refractivity contribution in [1.29, 1.82) is 0 Å². The van der Waals surface area contributed by atoms with Gasteiger partial charge in [0.1, 0.15) is 11.8 Å². The molecule has 3 aromatic carbocycles. The predicted octanol–water partition coefficient (Wildman–Crippen LogP) is 1.48. The van der Waals surface area contributed by atoms with Crippen LogP contribution < -0.4 is 21.2 Å². The first kappa shape index (κ1) is 18.5. The van der Waals surface area contributed by atoms with Crippen LogP contribution in [0.3, 0.4) is 0 Å². The van der Waals surface area contributed by atoms with E-state index in [1.165, 1.54) is 35.0 Å². The summed E-state index contributed by atoms with van der Waals surface area (Å²) in [5.74, 6) is 0. The highest BCUT2D eigenvalue weighted by atomic mass is 127. The molecule has 1 aliphatic heterocycles. The molecule has 4 aromatic rings. The number of halogens is 1. The van der Waals surface area contributed by atoms with Gasteiger partial charge in [-0.25, -0.2) is 4.68 Å². The van der Waals surface area contributed by atoms with Gasteiger partial charge < -0.3 is 4.74 Å². The van der Waals surface area contributed by atoms with Gasteiger partial charge in [-0.15, -0.1) is 5.10 Å². The number of aryl methyl sites for hydroxylation is 1. The van der Waals surface area contributed by atoms with Crippen LogP contribution in [0.5, 0.6) is 0 Å². The topological polar surface area (TPSA) is 39.9 Å². The Hall–Kier alpha value is -2.51. The molecule has 0 bridgehead atoms. The summed E-state index contributed by atoms with van der Waals surface area (Å²) in [5.41, 5.74) is 7.33. The highest BCUT2D eigenvalue weighted by Crippen LogP contribution is 2.30. The molecule has 144 valence electrons. The van der Waals surface area contributed by atoms with Crippen LogP contribution >= 0.6 is 0 Å². The van der Waals surface area contributed by atoms with Crippen molar-refractivity contribution in [3.63, 3.8) is 0 Å². The summed E-state index contributed by atoms with van der Waals surface area (Å²) in [7, 11) is 1.75. The van der Waals surface area contributed by atoms with Gasteiger partial charge in [-0.05, 0) is 36.2 Å². The molecule has 0 saturated heterocycles. The largest absolute Gasteiger partial charge is 0.370 e. The van der Waals surface area contributed by atoms with E-state index in [0.717, 1.165) is 5.69 Å². The maximum atomic E-state index is 5.94. The fourth-order valence-electron chi connectivity index (χ4n) is 3.77. The summed E-state index contributed by atoms with van der Waals surface area (Å²) in [4.78, 5) is 0. The molecule has 1 aromatic heterocycles. The standard InChI is InChI=1S/C24H21IN3O/c1-16-11-12-18-19-9-6-10-20(23(19)25-21(18)13-16)24(29-2)22-15-28(27-26-22)14-17-7-4-3-5-8-17/h3-13,15,24H,14H2,1-2H3/q+1/t24-/m1/s1. The Morgan fingerprint density at radius 3 is 2.69 bits per heavy atom. The molecule has 1 atom stereocenters. The third-order valence-electron chi connectivity index (χ3n) is 5.17. The molecule has 0 spiro atoms. The molecule has 0 fully saturated rings. The smallest absolute Gasteiger partial charge is 0.359 e. The predicted molar refractivity (Wildman–Crippen MR) is 108 cm³/mol. The van der Waals surface area contributed by atoms with Crippen molar-refractivity contribution in [2.45, 2.75) is 19.6 Å². The van der Waals surface area contributed by atoms with Crippen LogP contribution in [0.4, 0.5) is 0 Å². The van der Waals surface area contributed by atoms with Gasteiger partial charge in [0.15, 0.2) is 0 Å². The lowest BCUT2D eigenvalue weighted by Gasteiger charge is -2.13. The summed E-state index contributed by atoms with van der Waals surface area (Å²) in [5, 5.41) is 8.79. The molecular weight excluding hydrogens is 473 g/mol. The highest BCUT2D eigenvalue weighted by Gasteiger charge is 2.38. The lowest BCUT2D eigenvalue weighted by Crippen LogP contribution is -3.61. The number of benzene rings is 3. The number of rotatable bonds is 5. The second-order valence-electron chi connectivity index (χ2n) is 7.23. The average molecular weight is 494 g/mol. The monoisotopic (exact) mass is 494 g/mol. The Labute approximate surface area is 180 Å². The fraction of sp³-hybridized carbons (Fsp3) is 0.167. The van der Waals surface area contributed by atoms with Crippen molar-refractivity contribution in [1.82, 2.24) is 15.0 Å².